The Balaban J connectivity index is 1.74. The second kappa shape index (κ2) is 7.03. The van der Waals surface area contributed by atoms with Gasteiger partial charge in [-0.25, -0.2) is 8.42 Å². The van der Waals surface area contributed by atoms with Gasteiger partial charge in [-0.2, -0.15) is 18.2 Å². The lowest BCUT2D eigenvalue weighted by Gasteiger charge is -2.13. The van der Waals surface area contributed by atoms with Crippen molar-refractivity contribution in [1.82, 2.24) is 10.1 Å². The molecule has 6 nitrogen and oxygen atoms in total. The molecule has 142 valence electrons. The van der Waals surface area contributed by atoms with E-state index in [1.54, 1.807) is 6.92 Å². The summed E-state index contributed by atoms with van der Waals surface area (Å²) in [6.45, 7) is 1.74. The predicted octanol–water partition coefficient (Wildman–Crippen LogP) is 4.20. The molecule has 2 aromatic carbocycles. The fourth-order valence-electron chi connectivity index (χ4n) is 2.29. The first kappa shape index (κ1) is 18.9. The van der Waals surface area contributed by atoms with Crippen LogP contribution in [0.2, 0.25) is 0 Å². The van der Waals surface area contributed by atoms with Crippen molar-refractivity contribution in [3.05, 3.63) is 60.4 Å². The van der Waals surface area contributed by atoms with Crippen molar-refractivity contribution in [1.29, 1.82) is 0 Å². The smallest absolute Gasteiger partial charge is 0.375 e. The van der Waals surface area contributed by atoms with Gasteiger partial charge in [-0.3, -0.25) is 0 Å². The quantitative estimate of drug-likeness (QED) is 0.694. The summed E-state index contributed by atoms with van der Waals surface area (Å²) in [5.74, 6) is 0.687. The maximum Gasteiger partial charge on any atom is 0.501 e. The van der Waals surface area contributed by atoms with Crippen LogP contribution in [-0.2, 0) is 9.84 Å². The summed E-state index contributed by atoms with van der Waals surface area (Å²) in [4.78, 5) is 3.46. The highest BCUT2D eigenvalue weighted by molar-refractivity contribution is 7.92. The molecule has 27 heavy (non-hydrogen) atoms. The summed E-state index contributed by atoms with van der Waals surface area (Å²) in [5, 5.41) is 6.86. The van der Waals surface area contributed by atoms with Gasteiger partial charge in [0, 0.05) is 11.3 Å². The summed E-state index contributed by atoms with van der Waals surface area (Å²) in [6.07, 6.45) is 0. The molecule has 1 aromatic heterocycles. The summed E-state index contributed by atoms with van der Waals surface area (Å²) < 4.78 is 65.6. The van der Waals surface area contributed by atoms with Crippen LogP contribution in [0.4, 0.5) is 18.9 Å². The zero-order valence-electron chi connectivity index (χ0n) is 13.9. The van der Waals surface area contributed by atoms with E-state index in [0.29, 0.717) is 17.4 Å². The Labute approximate surface area is 152 Å². The van der Waals surface area contributed by atoms with Crippen LogP contribution in [0, 0.1) is 0 Å². The van der Waals surface area contributed by atoms with Gasteiger partial charge < -0.3 is 9.84 Å². The average Bonchev–Trinajstić information content (AvgIpc) is 3.12. The third-order valence-corrected chi connectivity index (χ3v) is 5.20. The third kappa shape index (κ3) is 3.95. The highest BCUT2D eigenvalue weighted by Gasteiger charge is 2.46. The van der Waals surface area contributed by atoms with Gasteiger partial charge in [0.2, 0.25) is 0 Å². The van der Waals surface area contributed by atoms with Crippen LogP contribution in [-0.4, -0.2) is 24.1 Å². The fourth-order valence-corrected chi connectivity index (χ4v) is 3.05. The lowest BCUT2D eigenvalue weighted by atomic mass is 10.2. The van der Waals surface area contributed by atoms with Crippen LogP contribution in [0.5, 0.6) is 0 Å². The Bertz CT molecular complexity index is 1020. The highest BCUT2D eigenvalue weighted by atomic mass is 32.2. The molecule has 1 heterocycles. The topological polar surface area (TPSA) is 85.1 Å². The summed E-state index contributed by atoms with van der Waals surface area (Å²) >= 11 is 0. The molecule has 0 aliphatic rings. The van der Waals surface area contributed by atoms with E-state index in [-0.39, 0.29) is 0 Å². The van der Waals surface area contributed by atoms with Crippen LogP contribution in [0.3, 0.4) is 0 Å². The summed E-state index contributed by atoms with van der Waals surface area (Å²) in [5.41, 5.74) is -4.17. The van der Waals surface area contributed by atoms with E-state index in [4.69, 9.17) is 4.52 Å². The molecule has 1 unspecified atom stereocenters. The van der Waals surface area contributed by atoms with Crippen molar-refractivity contribution in [2.75, 3.05) is 5.32 Å². The minimum absolute atomic E-state index is 0.339. The number of rotatable bonds is 5. The average molecular weight is 397 g/mol. The molecule has 0 spiro atoms. The van der Waals surface area contributed by atoms with E-state index in [2.05, 4.69) is 15.5 Å². The normalized spacial score (nSPS) is 13.3. The molecule has 0 radical (unpaired) electrons. The van der Waals surface area contributed by atoms with Crippen molar-refractivity contribution >= 4 is 15.5 Å². The number of sulfone groups is 1. The van der Waals surface area contributed by atoms with Crippen LogP contribution in [0.15, 0.2) is 64.0 Å². The van der Waals surface area contributed by atoms with Gasteiger partial charge in [-0.05, 0) is 43.3 Å². The zero-order valence-corrected chi connectivity index (χ0v) is 14.8. The maximum atomic E-state index is 12.6. The van der Waals surface area contributed by atoms with Gasteiger partial charge in [0.1, 0.15) is 0 Å². The van der Waals surface area contributed by atoms with E-state index in [1.165, 1.54) is 12.1 Å². The molecule has 1 N–H and O–H groups in total. The molecule has 3 rings (SSSR count). The van der Waals surface area contributed by atoms with E-state index in [9.17, 15) is 21.6 Å². The monoisotopic (exact) mass is 397 g/mol. The second-order valence-electron chi connectivity index (χ2n) is 5.66. The van der Waals surface area contributed by atoms with Gasteiger partial charge in [0.05, 0.1) is 10.9 Å². The third-order valence-electron chi connectivity index (χ3n) is 3.70. The Morgan fingerprint density at radius 2 is 1.67 bits per heavy atom. The minimum atomic E-state index is -5.37. The highest BCUT2D eigenvalue weighted by Crippen LogP contribution is 2.31. The molecule has 0 amide bonds. The maximum absolute atomic E-state index is 12.6. The molecule has 10 heteroatoms. The number of alkyl halides is 3. The predicted molar refractivity (Wildman–Crippen MR) is 91.5 cm³/mol. The molecule has 1 atom stereocenters. The minimum Gasteiger partial charge on any atom is -0.375 e. The standard InChI is InChI=1S/C17H14F3N3O3S/c1-11(15-22-16(26-23-15)12-5-3-2-4-6-12)21-13-7-9-14(10-8-13)27(24,25)17(18,19)20/h2-11,21H,1H3. The van der Waals surface area contributed by atoms with E-state index in [1.807, 2.05) is 30.3 Å². The largest absolute Gasteiger partial charge is 0.501 e. The Hall–Kier alpha value is -2.88. The summed E-state index contributed by atoms with van der Waals surface area (Å²) in [7, 11) is -5.37. The van der Waals surface area contributed by atoms with Gasteiger partial charge >= 0.3 is 5.51 Å². The van der Waals surface area contributed by atoms with Gasteiger partial charge in [-0.15, -0.1) is 0 Å². The first-order chi connectivity index (χ1) is 12.7. The van der Waals surface area contributed by atoms with Crippen molar-refractivity contribution < 1.29 is 26.1 Å². The van der Waals surface area contributed by atoms with Crippen LogP contribution < -0.4 is 5.32 Å². The molecule has 0 fully saturated rings. The molecule has 0 aliphatic heterocycles. The molecular weight excluding hydrogens is 383 g/mol. The van der Waals surface area contributed by atoms with Gasteiger partial charge in [0.25, 0.3) is 15.7 Å². The zero-order chi connectivity index (χ0) is 19.7. The van der Waals surface area contributed by atoms with Crippen LogP contribution in [0.25, 0.3) is 11.5 Å². The Morgan fingerprint density at radius 1 is 1.04 bits per heavy atom. The fraction of sp³-hybridized carbons (Fsp3) is 0.176. The summed E-state index contributed by atoms with van der Waals surface area (Å²) in [6, 6.07) is 13.0. The van der Waals surface area contributed by atoms with E-state index >= 15 is 0 Å². The number of aromatic nitrogens is 2. The van der Waals surface area contributed by atoms with Gasteiger partial charge in [-0.1, -0.05) is 23.4 Å². The number of anilines is 1. The SMILES string of the molecule is CC(Nc1ccc(S(=O)(=O)C(F)(F)F)cc1)c1noc(-c2ccccc2)n1. The molecular formula is C17H14F3N3O3S. The van der Waals surface area contributed by atoms with E-state index in [0.717, 1.165) is 17.7 Å². The lowest BCUT2D eigenvalue weighted by Crippen LogP contribution is -2.23. The van der Waals surface area contributed by atoms with Crippen molar-refractivity contribution in [3.63, 3.8) is 0 Å². The number of hydrogen-bond donors (Lipinski definition) is 1. The molecule has 0 bridgehead atoms. The first-order valence-electron chi connectivity index (χ1n) is 7.75. The molecule has 0 saturated heterocycles. The van der Waals surface area contributed by atoms with E-state index < -0.39 is 26.3 Å². The number of hydrogen-bond acceptors (Lipinski definition) is 6. The Kier molecular flexibility index (Phi) is 4.92. The first-order valence-corrected chi connectivity index (χ1v) is 9.24. The number of halogens is 3. The van der Waals surface area contributed by atoms with Crippen molar-refractivity contribution in [3.8, 4) is 11.5 Å². The van der Waals surface area contributed by atoms with Crippen molar-refractivity contribution in [2.45, 2.75) is 23.4 Å². The number of nitrogens with zero attached hydrogens (tertiary/aromatic N) is 2. The molecule has 3 aromatic rings. The van der Waals surface area contributed by atoms with Crippen LogP contribution in [0.1, 0.15) is 18.8 Å². The number of benzene rings is 2. The second-order valence-corrected chi connectivity index (χ2v) is 7.60. The lowest BCUT2D eigenvalue weighted by molar-refractivity contribution is -0.0436. The molecule has 0 aliphatic carbocycles. The van der Waals surface area contributed by atoms with Crippen LogP contribution >= 0.6 is 0 Å². The number of nitrogens with one attached hydrogen (secondary N) is 1. The van der Waals surface area contributed by atoms with Crippen molar-refractivity contribution in [2.24, 2.45) is 0 Å². The Morgan fingerprint density at radius 3 is 2.26 bits per heavy atom. The molecule has 0 saturated carbocycles. The van der Waals surface area contributed by atoms with Gasteiger partial charge in [0.15, 0.2) is 5.82 Å².